The van der Waals surface area contributed by atoms with Crippen LogP contribution >= 0.6 is 0 Å². The molecule has 27 heavy (non-hydrogen) atoms. The summed E-state index contributed by atoms with van der Waals surface area (Å²) in [4.78, 5) is 13.3. The van der Waals surface area contributed by atoms with Gasteiger partial charge in [-0.25, -0.2) is 4.68 Å². The van der Waals surface area contributed by atoms with E-state index in [1.165, 1.54) is 0 Å². The highest BCUT2D eigenvalue weighted by Crippen LogP contribution is 2.35. The van der Waals surface area contributed by atoms with Crippen LogP contribution in [-0.2, 0) is 6.42 Å². The van der Waals surface area contributed by atoms with Crippen molar-refractivity contribution in [3.8, 4) is 5.75 Å². The molecule has 4 rings (SSSR count). The van der Waals surface area contributed by atoms with Crippen LogP contribution in [0.3, 0.4) is 0 Å². The maximum absolute atomic E-state index is 13.3. The average molecular weight is 358 g/mol. The fourth-order valence-corrected chi connectivity index (χ4v) is 3.46. The molecule has 2 aromatic carbocycles. The van der Waals surface area contributed by atoms with Crippen LogP contribution in [0.1, 0.15) is 40.9 Å². The minimum Gasteiger partial charge on any atom is -0.487 e. The molecule has 4 nitrogen and oxygen atoms in total. The third kappa shape index (κ3) is 3.56. The van der Waals surface area contributed by atoms with Gasteiger partial charge in [-0.1, -0.05) is 29.8 Å². The zero-order chi connectivity index (χ0) is 19.0. The highest BCUT2D eigenvalue weighted by molar-refractivity contribution is 6.27. The minimum atomic E-state index is -0.230. The standard InChI is InChI=1S/C23H22N2O2/c1-16-6-4-7-17(12-16)13-20(25-11-5-10-24-25)22(26)18-8-9-21-19(14-18)15-23(2,3)27-21/h4-14H,15H2,1-3H3. The summed E-state index contributed by atoms with van der Waals surface area (Å²) in [5, 5.41) is 4.28. The quantitative estimate of drug-likeness (QED) is 0.498. The van der Waals surface area contributed by atoms with E-state index < -0.39 is 0 Å². The van der Waals surface area contributed by atoms with Gasteiger partial charge >= 0.3 is 0 Å². The first-order valence-electron chi connectivity index (χ1n) is 9.06. The smallest absolute Gasteiger partial charge is 0.211 e. The molecule has 0 bridgehead atoms. The van der Waals surface area contributed by atoms with Gasteiger partial charge in [0.1, 0.15) is 17.0 Å². The molecule has 1 aliphatic heterocycles. The van der Waals surface area contributed by atoms with E-state index in [9.17, 15) is 4.79 Å². The molecule has 0 amide bonds. The van der Waals surface area contributed by atoms with Crippen LogP contribution in [0.5, 0.6) is 5.75 Å². The van der Waals surface area contributed by atoms with Crippen LogP contribution in [0.2, 0.25) is 0 Å². The van der Waals surface area contributed by atoms with Gasteiger partial charge in [0.2, 0.25) is 5.78 Å². The first kappa shape index (κ1) is 17.3. The van der Waals surface area contributed by atoms with Gasteiger partial charge < -0.3 is 4.74 Å². The lowest BCUT2D eigenvalue weighted by molar-refractivity contribution is 0.105. The van der Waals surface area contributed by atoms with Crippen molar-refractivity contribution in [2.45, 2.75) is 32.8 Å². The minimum absolute atomic E-state index is 0.0623. The highest BCUT2D eigenvalue weighted by atomic mass is 16.5. The van der Waals surface area contributed by atoms with Gasteiger partial charge in [0, 0.05) is 24.4 Å². The second-order valence-electron chi connectivity index (χ2n) is 7.58. The van der Waals surface area contributed by atoms with Crippen LogP contribution in [-0.4, -0.2) is 21.2 Å². The number of aromatic nitrogens is 2. The summed E-state index contributed by atoms with van der Waals surface area (Å²) >= 11 is 0. The number of ketones is 1. The number of carbonyl (C=O) groups is 1. The third-order valence-electron chi connectivity index (χ3n) is 4.65. The molecule has 0 spiro atoms. The van der Waals surface area contributed by atoms with Gasteiger partial charge in [-0.05, 0) is 62.2 Å². The van der Waals surface area contributed by atoms with Gasteiger partial charge in [-0.15, -0.1) is 0 Å². The Morgan fingerprint density at radius 2 is 2.04 bits per heavy atom. The Hall–Kier alpha value is -3.14. The van der Waals surface area contributed by atoms with E-state index in [4.69, 9.17) is 4.74 Å². The van der Waals surface area contributed by atoms with E-state index in [2.05, 4.69) is 25.0 Å². The molecule has 136 valence electrons. The molecule has 1 aliphatic rings. The van der Waals surface area contributed by atoms with Crippen molar-refractivity contribution < 1.29 is 9.53 Å². The lowest BCUT2D eigenvalue weighted by atomic mass is 9.98. The summed E-state index contributed by atoms with van der Waals surface area (Å²) in [5.41, 5.74) is 4.12. The average Bonchev–Trinajstić information content (AvgIpc) is 3.24. The van der Waals surface area contributed by atoms with Crippen LogP contribution in [0.25, 0.3) is 11.8 Å². The van der Waals surface area contributed by atoms with E-state index >= 15 is 0 Å². The summed E-state index contributed by atoms with van der Waals surface area (Å²) in [6.45, 7) is 6.15. The molecular formula is C23H22N2O2. The molecule has 0 saturated heterocycles. The number of carbonyl (C=O) groups excluding carboxylic acids is 1. The van der Waals surface area contributed by atoms with E-state index in [0.717, 1.165) is 28.9 Å². The third-order valence-corrected chi connectivity index (χ3v) is 4.65. The van der Waals surface area contributed by atoms with Crippen LogP contribution in [0.4, 0.5) is 0 Å². The van der Waals surface area contributed by atoms with Crippen molar-refractivity contribution in [1.82, 2.24) is 9.78 Å². The van der Waals surface area contributed by atoms with Crippen molar-refractivity contribution in [2.75, 3.05) is 0 Å². The number of Topliss-reactive ketones (excluding diaryl/α,β-unsaturated/α-hetero) is 1. The number of hydrogen-bond donors (Lipinski definition) is 0. The van der Waals surface area contributed by atoms with Gasteiger partial charge in [0.25, 0.3) is 0 Å². The predicted octanol–water partition coefficient (Wildman–Crippen LogP) is 4.79. The Morgan fingerprint density at radius 3 is 2.78 bits per heavy atom. The van der Waals surface area contributed by atoms with Crippen molar-refractivity contribution in [3.63, 3.8) is 0 Å². The van der Waals surface area contributed by atoms with E-state index in [-0.39, 0.29) is 11.4 Å². The molecule has 0 atom stereocenters. The Balaban J connectivity index is 1.75. The van der Waals surface area contributed by atoms with Gasteiger partial charge in [0.15, 0.2) is 0 Å². The van der Waals surface area contributed by atoms with Gasteiger partial charge in [0.05, 0.1) is 0 Å². The molecule has 3 aromatic rings. The second-order valence-corrected chi connectivity index (χ2v) is 7.58. The Morgan fingerprint density at radius 1 is 1.19 bits per heavy atom. The molecule has 2 heterocycles. The number of benzene rings is 2. The Kier molecular flexibility index (Phi) is 4.19. The first-order valence-corrected chi connectivity index (χ1v) is 9.06. The number of allylic oxidation sites excluding steroid dienone is 1. The van der Waals surface area contributed by atoms with E-state index in [1.54, 1.807) is 17.1 Å². The normalized spacial score (nSPS) is 15.3. The molecular weight excluding hydrogens is 336 g/mol. The van der Waals surface area contributed by atoms with Crippen LogP contribution in [0, 0.1) is 6.92 Å². The zero-order valence-corrected chi connectivity index (χ0v) is 15.8. The number of hydrogen-bond acceptors (Lipinski definition) is 3. The molecule has 4 heteroatoms. The largest absolute Gasteiger partial charge is 0.487 e. The monoisotopic (exact) mass is 358 g/mol. The molecule has 0 unspecified atom stereocenters. The van der Waals surface area contributed by atoms with E-state index in [0.29, 0.717) is 11.3 Å². The summed E-state index contributed by atoms with van der Waals surface area (Å²) < 4.78 is 7.55. The molecule has 0 radical (unpaired) electrons. The van der Waals surface area contributed by atoms with Crippen molar-refractivity contribution in [3.05, 3.63) is 83.2 Å². The summed E-state index contributed by atoms with van der Waals surface area (Å²) in [7, 11) is 0. The fourth-order valence-electron chi connectivity index (χ4n) is 3.46. The Labute approximate surface area is 159 Å². The molecule has 0 saturated carbocycles. The fraction of sp³-hybridized carbons (Fsp3) is 0.217. The SMILES string of the molecule is Cc1cccc(C=C(C(=O)c2ccc3c(c2)CC(C)(C)O3)n2cccn2)c1. The Bertz CT molecular complexity index is 1030. The first-order chi connectivity index (χ1) is 12.9. The van der Waals surface area contributed by atoms with Crippen molar-refractivity contribution in [1.29, 1.82) is 0 Å². The van der Waals surface area contributed by atoms with Crippen LogP contribution in [0.15, 0.2) is 60.9 Å². The number of nitrogens with zero attached hydrogens (tertiary/aromatic N) is 2. The molecule has 0 aliphatic carbocycles. The maximum Gasteiger partial charge on any atom is 0.211 e. The van der Waals surface area contributed by atoms with Crippen LogP contribution < -0.4 is 4.74 Å². The molecule has 1 aromatic heterocycles. The summed E-state index contributed by atoms with van der Waals surface area (Å²) in [5.74, 6) is 0.799. The highest BCUT2D eigenvalue weighted by Gasteiger charge is 2.30. The summed E-state index contributed by atoms with van der Waals surface area (Å²) in [6, 6.07) is 15.5. The topological polar surface area (TPSA) is 44.1 Å². The lowest BCUT2D eigenvalue weighted by Crippen LogP contribution is -2.24. The number of fused-ring (bicyclic) bond motifs is 1. The predicted molar refractivity (Wildman–Crippen MR) is 107 cm³/mol. The van der Waals surface area contributed by atoms with Gasteiger partial charge in [-0.3, -0.25) is 4.79 Å². The number of ether oxygens (including phenoxy) is 1. The maximum atomic E-state index is 13.3. The van der Waals surface area contributed by atoms with E-state index in [1.807, 2.05) is 55.5 Å². The zero-order valence-electron chi connectivity index (χ0n) is 15.8. The molecule has 0 N–H and O–H groups in total. The number of aryl methyl sites for hydroxylation is 1. The molecule has 0 fully saturated rings. The van der Waals surface area contributed by atoms with Gasteiger partial charge in [-0.2, -0.15) is 5.10 Å². The second kappa shape index (κ2) is 6.54. The number of rotatable bonds is 4. The van der Waals surface area contributed by atoms with Crippen molar-refractivity contribution >= 4 is 17.6 Å². The van der Waals surface area contributed by atoms with Crippen molar-refractivity contribution in [2.24, 2.45) is 0 Å². The summed E-state index contributed by atoms with van der Waals surface area (Å²) in [6.07, 6.45) is 6.15. The lowest BCUT2D eigenvalue weighted by Gasteiger charge is -2.16.